The Hall–Kier alpha value is -0.120. The topological polar surface area (TPSA) is 32.5 Å². The van der Waals surface area contributed by atoms with Crippen LogP contribution in [0.3, 0.4) is 0 Å². The van der Waals surface area contributed by atoms with Crippen LogP contribution in [0.15, 0.2) is 0 Å². The van der Waals surface area contributed by atoms with E-state index in [1.807, 2.05) is 0 Å². The van der Waals surface area contributed by atoms with Crippen molar-refractivity contribution < 1.29 is 0 Å². The highest BCUT2D eigenvalue weighted by Crippen LogP contribution is 2.40. The predicted molar refractivity (Wildman–Crippen MR) is 89.4 cm³/mol. The van der Waals surface area contributed by atoms with Crippen molar-refractivity contribution in [3.05, 3.63) is 0 Å². The summed E-state index contributed by atoms with van der Waals surface area (Å²) >= 11 is 0. The number of piperidine rings is 2. The molecule has 2 heterocycles. The van der Waals surface area contributed by atoms with Gasteiger partial charge in [-0.25, -0.2) is 0 Å². The number of nitrogens with two attached hydrogens (primary N) is 1. The van der Waals surface area contributed by atoms with E-state index in [4.69, 9.17) is 5.73 Å². The molecule has 3 aliphatic rings. The lowest BCUT2D eigenvalue weighted by atomic mass is 9.72. The van der Waals surface area contributed by atoms with Crippen LogP contribution in [0.5, 0.6) is 0 Å². The van der Waals surface area contributed by atoms with E-state index in [-0.39, 0.29) is 0 Å². The lowest BCUT2D eigenvalue weighted by Crippen LogP contribution is -2.62. The molecular weight excluding hydrogens is 258 g/mol. The molecule has 2 N–H and O–H groups in total. The zero-order valence-electron chi connectivity index (χ0n) is 14.2. The Morgan fingerprint density at radius 3 is 2.52 bits per heavy atom. The number of likely N-dealkylation sites (tertiary alicyclic amines) is 2. The Morgan fingerprint density at radius 2 is 1.86 bits per heavy atom. The molecule has 2 atom stereocenters. The smallest absolute Gasteiger partial charge is 0.0332 e. The molecule has 2 unspecified atom stereocenters. The van der Waals surface area contributed by atoms with Gasteiger partial charge in [0.15, 0.2) is 0 Å². The molecule has 0 bridgehead atoms. The quantitative estimate of drug-likeness (QED) is 0.868. The summed E-state index contributed by atoms with van der Waals surface area (Å²) in [6, 6.07) is 0.844. The van der Waals surface area contributed by atoms with Gasteiger partial charge in [0.25, 0.3) is 0 Å². The monoisotopic (exact) mass is 293 g/mol. The fraction of sp³-hybridized carbons (Fsp3) is 1.00. The summed E-state index contributed by atoms with van der Waals surface area (Å²) in [7, 11) is 2.33. The Kier molecular flexibility index (Phi) is 4.92. The molecule has 0 spiro atoms. The van der Waals surface area contributed by atoms with Gasteiger partial charge in [-0.3, -0.25) is 4.90 Å². The molecule has 1 aliphatic carbocycles. The number of fused-ring (bicyclic) bond motifs is 1. The van der Waals surface area contributed by atoms with E-state index < -0.39 is 0 Å². The second-order valence-electron chi connectivity index (χ2n) is 7.97. The van der Waals surface area contributed by atoms with Gasteiger partial charge in [-0.2, -0.15) is 0 Å². The SMILES string of the molecule is CCC1CCC(CN)(N2CCC3C(CCCN3C)C2)CC1. The molecular formula is C18H35N3. The summed E-state index contributed by atoms with van der Waals surface area (Å²) in [6.45, 7) is 7.12. The summed E-state index contributed by atoms with van der Waals surface area (Å²) in [4.78, 5) is 5.44. The summed E-state index contributed by atoms with van der Waals surface area (Å²) < 4.78 is 0. The summed E-state index contributed by atoms with van der Waals surface area (Å²) in [6.07, 6.45) is 11.0. The molecule has 0 amide bonds. The van der Waals surface area contributed by atoms with Crippen LogP contribution in [0.2, 0.25) is 0 Å². The Labute approximate surface area is 131 Å². The standard InChI is InChI=1S/C18H35N3/c1-3-15-6-9-18(14-19,10-7-15)21-12-8-17-16(13-21)5-4-11-20(17)2/h15-17H,3-14,19H2,1-2H3. The number of nitrogens with zero attached hydrogens (tertiary/aromatic N) is 2. The summed E-state index contributed by atoms with van der Waals surface area (Å²) in [5.41, 5.74) is 6.64. The minimum atomic E-state index is 0.340. The van der Waals surface area contributed by atoms with Gasteiger partial charge >= 0.3 is 0 Å². The van der Waals surface area contributed by atoms with Gasteiger partial charge in [-0.1, -0.05) is 13.3 Å². The van der Waals surface area contributed by atoms with Crippen LogP contribution in [0.25, 0.3) is 0 Å². The van der Waals surface area contributed by atoms with E-state index >= 15 is 0 Å². The van der Waals surface area contributed by atoms with E-state index in [0.29, 0.717) is 5.54 Å². The van der Waals surface area contributed by atoms with Crippen LogP contribution < -0.4 is 5.73 Å². The summed E-state index contributed by atoms with van der Waals surface area (Å²) in [5, 5.41) is 0. The molecule has 3 nitrogen and oxygen atoms in total. The number of hydrogen-bond donors (Lipinski definition) is 1. The van der Waals surface area contributed by atoms with Gasteiger partial charge < -0.3 is 10.6 Å². The van der Waals surface area contributed by atoms with Crippen LogP contribution in [0, 0.1) is 11.8 Å². The minimum Gasteiger partial charge on any atom is -0.329 e. The maximum Gasteiger partial charge on any atom is 0.0332 e. The van der Waals surface area contributed by atoms with Gasteiger partial charge in [0.2, 0.25) is 0 Å². The van der Waals surface area contributed by atoms with Crippen LogP contribution in [-0.2, 0) is 0 Å². The normalized spacial score (nSPS) is 42.7. The average Bonchev–Trinajstić information content (AvgIpc) is 2.55. The third kappa shape index (κ3) is 3.02. The molecule has 3 fully saturated rings. The van der Waals surface area contributed by atoms with E-state index in [9.17, 15) is 0 Å². The molecule has 0 radical (unpaired) electrons. The molecule has 3 heteroatoms. The van der Waals surface area contributed by atoms with E-state index in [1.54, 1.807) is 0 Å². The van der Waals surface area contributed by atoms with Gasteiger partial charge in [0.1, 0.15) is 0 Å². The fourth-order valence-electron chi connectivity index (χ4n) is 5.36. The van der Waals surface area contributed by atoms with Crippen molar-refractivity contribution in [2.75, 3.05) is 33.2 Å². The zero-order valence-corrected chi connectivity index (χ0v) is 14.2. The first-order valence-electron chi connectivity index (χ1n) is 9.34. The van der Waals surface area contributed by atoms with Crippen LogP contribution in [-0.4, -0.2) is 54.6 Å². The second-order valence-corrected chi connectivity index (χ2v) is 7.97. The van der Waals surface area contributed by atoms with E-state index in [1.165, 1.54) is 71.0 Å². The molecule has 0 aromatic heterocycles. The van der Waals surface area contributed by atoms with Crippen molar-refractivity contribution >= 4 is 0 Å². The van der Waals surface area contributed by atoms with Gasteiger partial charge in [-0.05, 0) is 70.4 Å². The second kappa shape index (κ2) is 6.55. The van der Waals surface area contributed by atoms with E-state index in [0.717, 1.165) is 24.4 Å². The zero-order chi connectivity index (χ0) is 14.9. The van der Waals surface area contributed by atoms with Crippen molar-refractivity contribution in [2.45, 2.75) is 69.9 Å². The van der Waals surface area contributed by atoms with Gasteiger partial charge in [-0.15, -0.1) is 0 Å². The molecule has 0 aromatic rings. The van der Waals surface area contributed by atoms with Crippen molar-refractivity contribution in [2.24, 2.45) is 17.6 Å². The Balaban J connectivity index is 1.66. The Bertz CT molecular complexity index is 335. The third-order valence-electron chi connectivity index (χ3n) is 7.01. The maximum absolute atomic E-state index is 6.30. The largest absolute Gasteiger partial charge is 0.329 e. The predicted octanol–water partition coefficient (Wildman–Crippen LogP) is 2.70. The number of hydrogen-bond acceptors (Lipinski definition) is 3. The fourth-order valence-corrected chi connectivity index (χ4v) is 5.36. The Morgan fingerprint density at radius 1 is 1.10 bits per heavy atom. The molecule has 3 rings (SSSR count). The molecule has 2 saturated heterocycles. The van der Waals surface area contributed by atoms with Crippen molar-refractivity contribution in [3.63, 3.8) is 0 Å². The van der Waals surface area contributed by atoms with Crippen LogP contribution in [0.4, 0.5) is 0 Å². The average molecular weight is 293 g/mol. The highest BCUT2D eigenvalue weighted by Gasteiger charge is 2.43. The summed E-state index contributed by atoms with van der Waals surface area (Å²) in [5.74, 6) is 1.85. The molecule has 0 aromatic carbocycles. The van der Waals surface area contributed by atoms with Crippen molar-refractivity contribution in [3.8, 4) is 0 Å². The molecule has 2 aliphatic heterocycles. The van der Waals surface area contributed by atoms with Crippen molar-refractivity contribution in [1.29, 1.82) is 0 Å². The first-order valence-corrected chi connectivity index (χ1v) is 9.34. The minimum absolute atomic E-state index is 0.340. The lowest BCUT2D eigenvalue weighted by molar-refractivity contribution is -0.0337. The first-order chi connectivity index (χ1) is 10.2. The molecule has 122 valence electrons. The van der Waals surface area contributed by atoms with Gasteiger partial charge in [0, 0.05) is 31.2 Å². The van der Waals surface area contributed by atoms with E-state index in [2.05, 4.69) is 23.8 Å². The van der Waals surface area contributed by atoms with Crippen LogP contribution >= 0.6 is 0 Å². The molecule has 1 saturated carbocycles. The first kappa shape index (κ1) is 15.8. The highest BCUT2D eigenvalue weighted by molar-refractivity contribution is 5.00. The van der Waals surface area contributed by atoms with Crippen LogP contribution in [0.1, 0.15) is 58.3 Å². The molecule has 21 heavy (non-hydrogen) atoms. The number of rotatable bonds is 3. The lowest BCUT2D eigenvalue weighted by Gasteiger charge is -2.54. The van der Waals surface area contributed by atoms with Gasteiger partial charge in [0.05, 0.1) is 0 Å². The maximum atomic E-state index is 6.30. The van der Waals surface area contributed by atoms with Crippen molar-refractivity contribution in [1.82, 2.24) is 9.80 Å². The third-order valence-corrected chi connectivity index (χ3v) is 7.01. The highest BCUT2D eigenvalue weighted by atomic mass is 15.3.